The molecule has 0 rings (SSSR count). The molecule has 4 nitrogen and oxygen atoms in total. The Morgan fingerprint density at radius 1 is 0.867 bits per heavy atom. The van der Waals surface area contributed by atoms with Gasteiger partial charge in [-0.05, 0) is 55.9 Å². The third-order valence-corrected chi connectivity index (χ3v) is 7.44. The van der Waals surface area contributed by atoms with Gasteiger partial charge in [0.15, 0.2) is 0 Å². The highest BCUT2D eigenvalue weighted by molar-refractivity contribution is 7.61. The van der Waals surface area contributed by atoms with Crippen LogP contribution in [0.3, 0.4) is 0 Å². The molecule has 5 heteroatoms. The van der Waals surface area contributed by atoms with E-state index in [2.05, 4.69) is 0 Å². The van der Waals surface area contributed by atoms with Crippen molar-refractivity contribution in [2.75, 3.05) is 28.2 Å². The van der Waals surface area contributed by atoms with E-state index >= 15 is 0 Å². The van der Waals surface area contributed by atoms with Gasteiger partial charge in [-0.15, -0.1) is 0 Å². The van der Waals surface area contributed by atoms with E-state index in [4.69, 9.17) is 0 Å². The third-order valence-electron chi connectivity index (χ3n) is 3.67. The summed E-state index contributed by atoms with van der Waals surface area (Å²) >= 11 is 0. The first-order valence-corrected chi connectivity index (χ1v) is 6.73. The first-order chi connectivity index (χ1) is 6.39. The molecule has 0 aromatic rings. The fraction of sp³-hybridized carbons (Fsp3) is 1.00. The molecule has 1 N–H and O–H groups in total. The van der Waals surface area contributed by atoms with Crippen molar-refractivity contribution in [3.8, 4) is 0 Å². The third kappa shape index (κ3) is 2.28. The molecule has 0 unspecified atom stereocenters. The van der Waals surface area contributed by atoms with Crippen molar-refractivity contribution < 1.29 is 9.46 Å². The van der Waals surface area contributed by atoms with Gasteiger partial charge in [-0.3, -0.25) is 14.4 Å². The summed E-state index contributed by atoms with van der Waals surface area (Å²) < 4.78 is 12.6. The van der Waals surface area contributed by atoms with Crippen LogP contribution in [-0.4, -0.2) is 53.4 Å². The van der Waals surface area contributed by atoms with Gasteiger partial charge in [-0.2, -0.15) is 0 Å². The second kappa shape index (κ2) is 4.17. The maximum absolute atomic E-state index is 12.6. The van der Waals surface area contributed by atoms with E-state index in [9.17, 15) is 9.46 Å². The van der Waals surface area contributed by atoms with Gasteiger partial charge in [0.25, 0.3) is 0 Å². The van der Waals surface area contributed by atoms with Crippen LogP contribution in [-0.2, 0) is 4.57 Å². The van der Waals surface area contributed by atoms with E-state index in [1.165, 1.54) is 0 Å². The Labute approximate surface area is 93.7 Å². The fourth-order valence-electron chi connectivity index (χ4n) is 1.21. The molecule has 15 heavy (non-hydrogen) atoms. The van der Waals surface area contributed by atoms with Gasteiger partial charge in [0.05, 0.1) is 10.6 Å². The molecule has 0 amide bonds. The maximum atomic E-state index is 12.6. The summed E-state index contributed by atoms with van der Waals surface area (Å²) in [6.45, 7) is 7.22. The topological polar surface area (TPSA) is 43.8 Å². The molecule has 0 aliphatic rings. The summed E-state index contributed by atoms with van der Waals surface area (Å²) in [6.07, 6.45) is 0. The molecule has 0 aliphatic carbocycles. The summed E-state index contributed by atoms with van der Waals surface area (Å²) in [5, 5.41) is -1.47. The molecule has 0 saturated carbocycles. The minimum absolute atomic E-state index is 0.735. The predicted octanol–water partition coefficient (Wildman–Crippen LogP) is 1.85. The van der Waals surface area contributed by atoms with Crippen LogP contribution in [0.15, 0.2) is 0 Å². The fourth-order valence-corrected chi connectivity index (χ4v) is 3.64. The van der Waals surface area contributed by atoms with Gasteiger partial charge in [0, 0.05) is 0 Å². The molecule has 0 aromatic heterocycles. The minimum atomic E-state index is -3.36. The Bertz CT molecular complexity index is 249. The zero-order valence-corrected chi connectivity index (χ0v) is 12.1. The van der Waals surface area contributed by atoms with E-state index in [1.54, 1.807) is 37.5 Å². The summed E-state index contributed by atoms with van der Waals surface area (Å²) in [7, 11) is 3.95. The molecule has 0 radical (unpaired) electrons. The molecular weight excluding hydrogens is 211 g/mol. The smallest absolute Gasteiger partial charge is 0.238 e. The molecule has 0 atom stereocenters. The van der Waals surface area contributed by atoms with Crippen molar-refractivity contribution in [2.45, 2.75) is 38.3 Å². The normalized spacial score (nSPS) is 15.1. The first kappa shape index (κ1) is 15.1. The standard InChI is InChI=1S/C10H25N2O2P/c1-9(2,11(5)6)15(13,14)10(3,4)12(7)8/h1-8H3,(H,13,14). The highest BCUT2D eigenvalue weighted by atomic mass is 31.2. The zero-order valence-electron chi connectivity index (χ0n) is 11.2. The Morgan fingerprint density at radius 2 is 1.07 bits per heavy atom. The predicted molar refractivity (Wildman–Crippen MR) is 65.4 cm³/mol. The number of hydrogen-bond acceptors (Lipinski definition) is 3. The Hall–Kier alpha value is 0.110. The lowest BCUT2D eigenvalue weighted by Crippen LogP contribution is -2.48. The van der Waals surface area contributed by atoms with Gasteiger partial charge < -0.3 is 4.89 Å². The minimum Gasteiger partial charge on any atom is -0.342 e. The van der Waals surface area contributed by atoms with Gasteiger partial charge >= 0.3 is 0 Å². The molecular formula is C10H25N2O2P. The van der Waals surface area contributed by atoms with Gasteiger partial charge in [0.1, 0.15) is 0 Å². The van der Waals surface area contributed by atoms with Gasteiger partial charge in [0.2, 0.25) is 7.37 Å². The summed E-state index contributed by atoms with van der Waals surface area (Å²) in [5.41, 5.74) is 0. The number of nitrogens with zero attached hydrogens (tertiary/aromatic N) is 2. The Morgan fingerprint density at radius 3 is 1.20 bits per heavy atom. The van der Waals surface area contributed by atoms with Crippen LogP contribution in [0, 0.1) is 0 Å². The Balaban J connectivity index is 5.42. The van der Waals surface area contributed by atoms with E-state index in [1.807, 2.05) is 28.2 Å². The highest BCUT2D eigenvalue weighted by Gasteiger charge is 2.52. The lowest BCUT2D eigenvalue weighted by molar-refractivity contribution is 0.202. The number of hydrogen-bond donors (Lipinski definition) is 1. The summed E-state index contributed by atoms with van der Waals surface area (Å²) in [5.74, 6) is 0. The van der Waals surface area contributed by atoms with E-state index in [0.29, 0.717) is 0 Å². The van der Waals surface area contributed by atoms with Crippen molar-refractivity contribution in [3.63, 3.8) is 0 Å². The molecule has 0 bridgehead atoms. The van der Waals surface area contributed by atoms with Crippen LogP contribution in [0.1, 0.15) is 27.7 Å². The zero-order chi connectivity index (χ0) is 12.7. The van der Waals surface area contributed by atoms with Gasteiger partial charge in [-0.25, -0.2) is 0 Å². The average Bonchev–Trinajstić information content (AvgIpc) is 2.02. The quantitative estimate of drug-likeness (QED) is 0.757. The van der Waals surface area contributed by atoms with Crippen LogP contribution < -0.4 is 0 Å². The van der Waals surface area contributed by atoms with Crippen molar-refractivity contribution in [1.29, 1.82) is 0 Å². The van der Waals surface area contributed by atoms with Crippen molar-refractivity contribution in [1.82, 2.24) is 9.80 Å². The van der Waals surface area contributed by atoms with Crippen LogP contribution in [0.2, 0.25) is 0 Å². The van der Waals surface area contributed by atoms with Crippen molar-refractivity contribution in [2.24, 2.45) is 0 Å². The maximum Gasteiger partial charge on any atom is 0.238 e. The lowest BCUT2D eigenvalue weighted by Gasteiger charge is -2.46. The summed E-state index contributed by atoms with van der Waals surface area (Å²) in [6, 6.07) is 0. The molecule has 92 valence electrons. The van der Waals surface area contributed by atoms with Crippen LogP contribution >= 0.6 is 7.37 Å². The van der Waals surface area contributed by atoms with Crippen LogP contribution in [0.25, 0.3) is 0 Å². The molecule has 0 saturated heterocycles. The largest absolute Gasteiger partial charge is 0.342 e. The van der Waals surface area contributed by atoms with E-state index < -0.39 is 17.9 Å². The van der Waals surface area contributed by atoms with Crippen molar-refractivity contribution in [3.05, 3.63) is 0 Å². The highest BCUT2D eigenvalue weighted by Crippen LogP contribution is 2.64. The molecule has 0 heterocycles. The number of rotatable bonds is 4. The molecule has 0 fully saturated rings. The monoisotopic (exact) mass is 236 g/mol. The SMILES string of the molecule is CN(C)C(C)(C)P(=O)(O)C(C)(C)N(C)C. The summed E-state index contributed by atoms with van der Waals surface area (Å²) in [4.78, 5) is 14.0. The van der Waals surface area contributed by atoms with E-state index in [0.717, 1.165) is 0 Å². The average molecular weight is 236 g/mol. The molecule has 0 aromatic carbocycles. The molecule has 0 aliphatic heterocycles. The van der Waals surface area contributed by atoms with E-state index in [-0.39, 0.29) is 0 Å². The van der Waals surface area contributed by atoms with Crippen LogP contribution in [0.5, 0.6) is 0 Å². The second-order valence-corrected chi connectivity index (χ2v) is 8.69. The Kier molecular flexibility index (Phi) is 4.20. The van der Waals surface area contributed by atoms with Crippen LogP contribution in [0.4, 0.5) is 0 Å². The van der Waals surface area contributed by atoms with Gasteiger partial charge in [-0.1, -0.05) is 0 Å². The second-order valence-electron chi connectivity index (χ2n) is 5.35. The lowest BCUT2D eigenvalue weighted by atomic mass is 10.3. The first-order valence-electron chi connectivity index (χ1n) is 5.07. The molecule has 0 spiro atoms. The van der Waals surface area contributed by atoms with Crippen molar-refractivity contribution >= 4 is 7.37 Å².